The third-order valence-corrected chi connectivity index (χ3v) is 7.24. The molecule has 0 saturated carbocycles. The summed E-state index contributed by atoms with van der Waals surface area (Å²) in [6, 6.07) is 6.33. The van der Waals surface area contributed by atoms with Gasteiger partial charge in [-0.1, -0.05) is 26.0 Å². The number of methoxy groups -OCH3 is 1. The van der Waals surface area contributed by atoms with Crippen LogP contribution in [0.25, 0.3) is 0 Å². The average molecular weight is 373 g/mol. The first-order valence-electron chi connectivity index (χ1n) is 10.4. The number of nitrogens with zero attached hydrogens (tertiary/aromatic N) is 1. The monoisotopic (exact) mass is 373 g/mol. The van der Waals surface area contributed by atoms with Crippen LogP contribution in [0.1, 0.15) is 66.4 Å². The Kier molecular flexibility index (Phi) is 5.68. The van der Waals surface area contributed by atoms with Crippen LogP contribution in [-0.2, 0) is 15.9 Å². The first-order chi connectivity index (χ1) is 12.7. The van der Waals surface area contributed by atoms with Crippen LogP contribution in [0, 0.1) is 5.41 Å². The molecule has 2 aliphatic heterocycles. The van der Waals surface area contributed by atoms with Crippen LogP contribution in [0.5, 0.6) is 5.75 Å². The highest BCUT2D eigenvalue weighted by Crippen LogP contribution is 2.39. The molecule has 4 nitrogen and oxygen atoms in total. The van der Waals surface area contributed by atoms with Crippen molar-refractivity contribution in [2.24, 2.45) is 5.41 Å². The summed E-state index contributed by atoms with van der Waals surface area (Å²) in [6.45, 7) is 16.3. The van der Waals surface area contributed by atoms with Gasteiger partial charge in [0, 0.05) is 18.7 Å². The molecule has 150 valence electrons. The lowest BCUT2D eigenvalue weighted by molar-refractivity contribution is 0.00578. The zero-order chi connectivity index (χ0) is 19.9. The lowest BCUT2D eigenvalue weighted by Crippen LogP contribution is -2.41. The van der Waals surface area contributed by atoms with Crippen molar-refractivity contribution in [1.29, 1.82) is 0 Å². The molecule has 27 heavy (non-hydrogen) atoms. The number of rotatable bonds is 6. The Bertz CT molecular complexity index is 654. The number of benzene rings is 1. The van der Waals surface area contributed by atoms with E-state index < -0.39 is 0 Å². The summed E-state index contributed by atoms with van der Waals surface area (Å²) in [7, 11) is 1.42. The van der Waals surface area contributed by atoms with E-state index in [1.54, 1.807) is 7.11 Å². The Morgan fingerprint density at radius 2 is 1.70 bits per heavy atom. The van der Waals surface area contributed by atoms with Gasteiger partial charge in [0.05, 0.1) is 18.3 Å². The van der Waals surface area contributed by atoms with Gasteiger partial charge in [0.2, 0.25) is 0 Å². The van der Waals surface area contributed by atoms with Crippen molar-refractivity contribution in [2.75, 3.05) is 20.2 Å². The van der Waals surface area contributed by atoms with Gasteiger partial charge in [0.1, 0.15) is 5.75 Å². The zero-order valence-corrected chi connectivity index (χ0v) is 18.2. The van der Waals surface area contributed by atoms with E-state index in [9.17, 15) is 0 Å². The Balaban J connectivity index is 1.79. The summed E-state index contributed by atoms with van der Waals surface area (Å²) in [5.74, 6) is 0.945. The second kappa shape index (κ2) is 7.42. The fourth-order valence-corrected chi connectivity index (χ4v) is 4.28. The predicted molar refractivity (Wildman–Crippen MR) is 112 cm³/mol. The van der Waals surface area contributed by atoms with Crippen LogP contribution in [0.15, 0.2) is 18.2 Å². The van der Waals surface area contributed by atoms with Gasteiger partial charge in [-0.05, 0) is 70.4 Å². The largest absolute Gasteiger partial charge is 0.496 e. The van der Waals surface area contributed by atoms with Crippen LogP contribution < -0.4 is 10.2 Å². The smallest absolute Gasteiger partial charge is 0.494 e. The van der Waals surface area contributed by atoms with E-state index in [1.165, 1.54) is 31.4 Å². The molecule has 3 rings (SSSR count). The highest BCUT2D eigenvalue weighted by atomic mass is 16.7. The van der Waals surface area contributed by atoms with Crippen molar-refractivity contribution in [3.8, 4) is 5.75 Å². The fourth-order valence-electron chi connectivity index (χ4n) is 4.28. The SMILES string of the molecule is CCC1(CC)CCN(Cc2cc(B3OC(C)(C)C(C)(C)O3)ccc2OC)C1. The van der Waals surface area contributed by atoms with Gasteiger partial charge in [-0.15, -0.1) is 0 Å². The van der Waals surface area contributed by atoms with E-state index in [0.29, 0.717) is 5.41 Å². The lowest BCUT2D eigenvalue weighted by atomic mass is 9.78. The second-order valence-corrected chi connectivity index (χ2v) is 9.33. The van der Waals surface area contributed by atoms with Crippen molar-refractivity contribution in [1.82, 2.24) is 4.90 Å². The molecule has 1 aromatic carbocycles. The van der Waals surface area contributed by atoms with Crippen LogP contribution in [0.4, 0.5) is 0 Å². The van der Waals surface area contributed by atoms with Gasteiger partial charge >= 0.3 is 7.12 Å². The number of likely N-dealkylation sites (tertiary alicyclic amines) is 1. The highest BCUT2D eigenvalue weighted by Gasteiger charge is 2.51. The molecule has 1 aromatic rings. The molecule has 0 unspecified atom stereocenters. The van der Waals surface area contributed by atoms with Crippen molar-refractivity contribution in [3.05, 3.63) is 23.8 Å². The van der Waals surface area contributed by atoms with Gasteiger partial charge in [-0.25, -0.2) is 0 Å². The molecule has 0 aliphatic carbocycles. The number of hydrogen-bond acceptors (Lipinski definition) is 4. The van der Waals surface area contributed by atoms with Gasteiger partial charge in [-0.2, -0.15) is 0 Å². The molecule has 2 heterocycles. The van der Waals surface area contributed by atoms with E-state index in [4.69, 9.17) is 14.0 Å². The summed E-state index contributed by atoms with van der Waals surface area (Å²) in [6.07, 6.45) is 3.80. The average Bonchev–Trinajstić information content (AvgIpc) is 3.13. The highest BCUT2D eigenvalue weighted by molar-refractivity contribution is 6.62. The van der Waals surface area contributed by atoms with Crippen molar-refractivity contribution < 1.29 is 14.0 Å². The van der Waals surface area contributed by atoms with Gasteiger partial charge in [0.25, 0.3) is 0 Å². The molecule has 5 heteroatoms. The third-order valence-electron chi connectivity index (χ3n) is 7.24. The van der Waals surface area contributed by atoms with Crippen LogP contribution >= 0.6 is 0 Å². The minimum atomic E-state index is -0.330. The molecular formula is C22H36BNO3. The molecule has 2 fully saturated rings. The summed E-state index contributed by atoms with van der Waals surface area (Å²) < 4.78 is 18.1. The van der Waals surface area contributed by atoms with Crippen molar-refractivity contribution in [3.63, 3.8) is 0 Å². The minimum Gasteiger partial charge on any atom is -0.496 e. The molecular weight excluding hydrogens is 337 g/mol. The van der Waals surface area contributed by atoms with E-state index in [2.05, 4.69) is 64.6 Å². The van der Waals surface area contributed by atoms with Gasteiger partial charge in [0.15, 0.2) is 0 Å². The summed E-state index contributed by atoms with van der Waals surface area (Å²) in [5.41, 5.74) is 2.12. The van der Waals surface area contributed by atoms with E-state index in [1.807, 2.05) is 0 Å². The molecule has 0 spiro atoms. The molecule has 0 radical (unpaired) electrons. The Morgan fingerprint density at radius 1 is 1.07 bits per heavy atom. The molecule has 0 bridgehead atoms. The summed E-state index contributed by atoms with van der Waals surface area (Å²) in [4.78, 5) is 2.57. The summed E-state index contributed by atoms with van der Waals surface area (Å²) >= 11 is 0. The normalized spacial score (nSPS) is 23.7. The Hall–Kier alpha value is -1.04. The molecule has 0 amide bonds. The first-order valence-corrected chi connectivity index (χ1v) is 10.4. The van der Waals surface area contributed by atoms with Gasteiger partial charge < -0.3 is 14.0 Å². The van der Waals surface area contributed by atoms with E-state index in [-0.39, 0.29) is 18.3 Å². The lowest BCUT2D eigenvalue weighted by Gasteiger charge is -2.32. The maximum absolute atomic E-state index is 6.24. The molecule has 0 N–H and O–H groups in total. The maximum atomic E-state index is 6.24. The van der Waals surface area contributed by atoms with Crippen molar-refractivity contribution in [2.45, 2.75) is 78.6 Å². The van der Waals surface area contributed by atoms with Crippen LogP contribution in [-0.4, -0.2) is 43.4 Å². The third kappa shape index (κ3) is 3.92. The van der Waals surface area contributed by atoms with Crippen molar-refractivity contribution >= 4 is 12.6 Å². The summed E-state index contributed by atoms with van der Waals surface area (Å²) in [5, 5.41) is 0. The Labute approximate surface area is 165 Å². The topological polar surface area (TPSA) is 30.9 Å². The minimum absolute atomic E-state index is 0.325. The second-order valence-electron chi connectivity index (χ2n) is 9.33. The van der Waals surface area contributed by atoms with Gasteiger partial charge in [-0.3, -0.25) is 4.90 Å². The van der Waals surface area contributed by atoms with Crippen LogP contribution in [0.3, 0.4) is 0 Å². The van der Waals surface area contributed by atoms with E-state index in [0.717, 1.165) is 24.3 Å². The maximum Gasteiger partial charge on any atom is 0.494 e. The molecule has 0 atom stereocenters. The first kappa shape index (κ1) is 20.7. The Morgan fingerprint density at radius 3 is 2.22 bits per heavy atom. The number of ether oxygens (including phenoxy) is 1. The molecule has 0 aromatic heterocycles. The fraction of sp³-hybridized carbons (Fsp3) is 0.727. The molecule has 2 aliphatic rings. The predicted octanol–water partition coefficient (Wildman–Crippen LogP) is 4.01. The quantitative estimate of drug-likeness (QED) is 0.705. The zero-order valence-electron chi connectivity index (χ0n) is 18.2. The van der Waals surface area contributed by atoms with Crippen LogP contribution in [0.2, 0.25) is 0 Å². The molecule has 2 saturated heterocycles. The standard InChI is InChI=1S/C22H36BNO3/c1-8-22(9-2)12-13-24(16-22)15-17-14-18(10-11-19(17)25-7)23-26-20(3,4)21(5,6)27-23/h10-11,14H,8-9,12-13,15-16H2,1-7H3. The van der Waals surface area contributed by atoms with E-state index >= 15 is 0 Å². The number of hydrogen-bond donors (Lipinski definition) is 0.